The van der Waals surface area contributed by atoms with E-state index in [1.54, 1.807) is 23.2 Å². The summed E-state index contributed by atoms with van der Waals surface area (Å²) in [5.74, 6) is 0.978. The lowest BCUT2D eigenvalue weighted by molar-refractivity contribution is 0.0768. The number of sulfone groups is 1. The highest BCUT2D eigenvalue weighted by Gasteiger charge is 2.42. The molecule has 2 heterocycles. The summed E-state index contributed by atoms with van der Waals surface area (Å²) in [5, 5.41) is 3.30. The van der Waals surface area contributed by atoms with E-state index in [9.17, 15) is 17.6 Å². The summed E-state index contributed by atoms with van der Waals surface area (Å²) in [4.78, 5) is 19.4. The largest absolute Gasteiger partial charge is 0.340 e. The summed E-state index contributed by atoms with van der Waals surface area (Å²) in [6.07, 6.45) is 4.75. The van der Waals surface area contributed by atoms with Crippen LogP contribution in [0.25, 0.3) is 0 Å². The second-order valence-electron chi connectivity index (χ2n) is 8.25. The molecule has 2 fully saturated rings. The van der Waals surface area contributed by atoms with Gasteiger partial charge >= 0.3 is 0 Å². The molecule has 1 aromatic heterocycles. The number of hydrogen-bond donors (Lipinski definition) is 1. The lowest BCUT2D eigenvalue weighted by atomic mass is 9.88. The van der Waals surface area contributed by atoms with Gasteiger partial charge in [-0.2, -0.15) is 0 Å². The van der Waals surface area contributed by atoms with Gasteiger partial charge in [0.15, 0.2) is 9.84 Å². The van der Waals surface area contributed by atoms with Crippen molar-refractivity contribution in [3.8, 4) is 0 Å². The van der Waals surface area contributed by atoms with E-state index >= 15 is 0 Å². The third kappa shape index (κ3) is 4.07. The molecule has 1 aliphatic heterocycles. The Morgan fingerprint density at radius 1 is 1.16 bits per heavy atom. The fraction of sp³-hybridized carbons (Fsp3) is 0.429. The molecule has 31 heavy (non-hydrogen) atoms. The van der Waals surface area contributed by atoms with Crippen molar-refractivity contribution >= 4 is 55.6 Å². The van der Waals surface area contributed by atoms with Gasteiger partial charge < -0.3 is 10.2 Å². The number of fused-ring (bicyclic) bond motifs is 5. The molecule has 2 atom stereocenters. The van der Waals surface area contributed by atoms with Crippen LogP contribution in [0.4, 0.5) is 15.9 Å². The molecule has 2 bridgehead atoms. The average molecular weight is 531 g/mol. The van der Waals surface area contributed by atoms with Gasteiger partial charge in [-0.3, -0.25) is 4.79 Å². The third-order valence-corrected chi connectivity index (χ3v) is 8.67. The lowest BCUT2D eigenvalue weighted by Crippen LogP contribution is -2.44. The van der Waals surface area contributed by atoms with Crippen LogP contribution in [0.3, 0.4) is 0 Å². The van der Waals surface area contributed by atoms with Crippen LogP contribution in [0, 0.1) is 5.82 Å². The highest BCUT2D eigenvalue weighted by atomic mass is 79.9. The second kappa shape index (κ2) is 8.33. The van der Waals surface area contributed by atoms with Crippen molar-refractivity contribution in [1.29, 1.82) is 0 Å². The summed E-state index contributed by atoms with van der Waals surface area (Å²) in [6.45, 7) is 0.460. The molecule has 3 aliphatic rings. The van der Waals surface area contributed by atoms with Gasteiger partial charge in [0, 0.05) is 30.5 Å². The van der Waals surface area contributed by atoms with Crippen molar-refractivity contribution in [2.45, 2.75) is 31.1 Å². The number of halogens is 3. The maximum atomic E-state index is 13.6. The van der Waals surface area contributed by atoms with Crippen LogP contribution in [0.1, 0.15) is 52.6 Å². The Morgan fingerprint density at radius 2 is 1.84 bits per heavy atom. The monoisotopic (exact) mass is 529 g/mol. The second-order valence-corrected chi connectivity index (χ2v) is 11.4. The van der Waals surface area contributed by atoms with Crippen molar-refractivity contribution in [1.82, 2.24) is 9.88 Å². The van der Waals surface area contributed by atoms with Crippen LogP contribution >= 0.6 is 28.3 Å². The molecular weight excluding hydrogens is 509 g/mol. The smallest absolute Gasteiger partial charge is 0.255 e. The van der Waals surface area contributed by atoms with Crippen LogP contribution in [-0.4, -0.2) is 48.8 Å². The number of nitrogens with zero attached hydrogens (tertiary/aromatic N) is 2. The SMILES string of the molecule is Cl.O=C(c1cnc(Nc2ccc(F)c(Br)c2)c2c1C1CCC2C1)N1CCS(=O)(=O)CC1. The van der Waals surface area contributed by atoms with Gasteiger partial charge in [-0.25, -0.2) is 17.8 Å². The maximum absolute atomic E-state index is 13.6. The van der Waals surface area contributed by atoms with Gasteiger partial charge in [-0.1, -0.05) is 0 Å². The number of carbonyl (C=O) groups is 1. The Morgan fingerprint density at radius 3 is 2.52 bits per heavy atom. The Balaban J connectivity index is 0.00000231. The minimum absolute atomic E-state index is 0. The van der Waals surface area contributed by atoms with Crippen molar-refractivity contribution < 1.29 is 17.6 Å². The first-order valence-electron chi connectivity index (χ1n) is 10.1. The van der Waals surface area contributed by atoms with E-state index < -0.39 is 9.84 Å². The van der Waals surface area contributed by atoms with Gasteiger partial charge in [-0.05, 0) is 70.8 Å². The van der Waals surface area contributed by atoms with Gasteiger partial charge in [-0.15, -0.1) is 12.4 Å². The molecule has 1 saturated carbocycles. The molecule has 6 nitrogen and oxygen atoms in total. The first-order chi connectivity index (χ1) is 14.3. The van der Waals surface area contributed by atoms with Crippen LogP contribution in [0.15, 0.2) is 28.9 Å². The van der Waals surface area contributed by atoms with E-state index in [1.807, 2.05) is 0 Å². The van der Waals surface area contributed by atoms with Crippen LogP contribution in [0.2, 0.25) is 0 Å². The highest BCUT2D eigenvalue weighted by molar-refractivity contribution is 9.10. The number of aromatic nitrogens is 1. The molecule has 166 valence electrons. The summed E-state index contributed by atoms with van der Waals surface area (Å²) in [5.41, 5.74) is 3.47. The maximum Gasteiger partial charge on any atom is 0.255 e. The molecule has 0 radical (unpaired) electrons. The Kier molecular flexibility index (Phi) is 6.04. The minimum atomic E-state index is -3.05. The standard InChI is InChI=1S/C21H21BrFN3O3S.ClH/c22-16-10-14(3-4-17(16)23)25-20-19-13-2-1-12(9-13)18(19)15(11-24-20)21(27)26-5-7-30(28,29)8-6-26;/h3-4,10-13H,1-2,5-9H2,(H,24,25);1H. The quantitative estimate of drug-likeness (QED) is 0.637. The zero-order chi connectivity index (χ0) is 21.0. The Labute approximate surface area is 195 Å². The number of nitrogens with one attached hydrogen (secondary N) is 1. The van der Waals surface area contributed by atoms with Gasteiger partial charge in [0.1, 0.15) is 11.6 Å². The van der Waals surface area contributed by atoms with Crippen molar-refractivity contribution in [3.63, 3.8) is 0 Å². The zero-order valence-electron chi connectivity index (χ0n) is 16.6. The number of amides is 1. The molecule has 10 heteroatoms. The summed E-state index contributed by atoms with van der Waals surface area (Å²) in [6, 6.07) is 4.72. The number of carbonyl (C=O) groups excluding carboxylic acids is 1. The number of anilines is 2. The number of rotatable bonds is 3. The number of pyridine rings is 1. The van der Waals surface area contributed by atoms with Crippen LogP contribution < -0.4 is 5.32 Å². The van der Waals surface area contributed by atoms with E-state index in [0.717, 1.165) is 36.1 Å². The van der Waals surface area contributed by atoms with Crippen molar-refractivity contribution in [2.75, 3.05) is 29.9 Å². The molecule has 0 spiro atoms. The molecule has 1 N–H and O–H groups in total. The first-order valence-corrected chi connectivity index (χ1v) is 12.7. The summed E-state index contributed by atoms with van der Waals surface area (Å²) in [7, 11) is -3.05. The van der Waals surface area contributed by atoms with E-state index in [0.29, 0.717) is 27.7 Å². The fourth-order valence-corrected chi connectivity index (χ4v) is 6.55. The molecule has 2 unspecified atom stereocenters. The molecular formula is C21H22BrClFN3O3S. The van der Waals surface area contributed by atoms with Crippen molar-refractivity contribution in [2.24, 2.45) is 0 Å². The predicted molar refractivity (Wildman–Crippen MR) is 123 cm³/mol. The molecule has 2 aliphatic carbocycles. The summed E-state index contributed by atoms with van der Waals surface area (Å²) >= 11 is 3.21. The van der Waals surface area contributed by atoms with Crippen LogP contribution in [0.5, 0.6) is 0 Å². The van der Waals surface area contributed by atoms with E-state index in [2.05, 4.69) is 26.2 Å². The highest BCUT2D eigenvalue weighted by Crippen LogP contribution is 2.56. The van der Waals surface area contributed by atoms with Gasteiger partial charge in [0.25, 0.3) is 5.91 Å². The predicted octanol–water partition coefficient (Wildman–Crippen LogP) is 4.38. The Hall–Kier alpha value is -1.71. The van der Waals surface area contributed by atoms with Crippen molar-refractivity contribution in [3.05, 3.63) is 51.4 Å². The minimum Gasteiger partial charge on any atom is -0.340 e. The molecule has 2 aromatic rings. The first kappa shape index (κ1) is 22.5. The third-order valence-electron chi connectivity index (χ3n) is 6.45. The molecule has 1 aromatic carbocycles. The van der Waals surface area contributed by atoms with Crippen LogP contribution in [-0.2, 0) is 9.84 Å². The van der Waals surface area contributed by atoms with Gasteiger partial charge in [0.05, 0.1) is 21.5 Å². The zero-order valence-corrected chi connectivity index (χ0v) is 19.8. The van der Waals surface area contributed by atoms with E-state index in [1.165, 1.54) is 6.07 Å². The molecule has 1 amide bonds. The van der Waals surface area contributed by atoms with Gasteiger partial charge in [0.2, 0.25) is 0 Å². The molecule has 5 rings (SSSR count). The number of benzene rings is 1. The lowest BCUT2D eigenvalue weighted by Gasteiger charge is -2.29. The fourth-order valence-electron chi connectivity index (χ4n) is 4.97. The molecule has 1 saturated heterocycles. The van der Waals surface area contributed by atoms with E-state index in [-0.39, 0.29) is 48.7 Å². The Bertz CT molecular complexity index is 1150. The van der Waals surface area contributed by atoms with E-state index in [4.69, 9.17) is 0 Å². The summed E-state index contributed by atoms with van der Waals surface area (Å²) < 4.78 is 37.4. The topological polar surface area (TPSA) is 79.4 Å². The number of hydrogen-bond acceptors (Lipinski definition) is 5. The normalized spacial score (nSPS) is 23.2. The average Bonchev–Trinajstić information content (AvgIpc) is 3.33.